The SMILES string of the molecule is CC1(C)c2ccc3c1ccc-3o2. The van der Waals surface area contributed by atoms with Gasteiger partial charge in [0.25, 0.3) is 0 Å². The maximum absolute atomic E-state index is 5.69. The molecular weight excluding hydrogens is 148 g/mol. The van der Waals surface area contributed by atoms with Crippen LogP contribution in [0.2, 0.25) is 0 Å². The first-order valence-electron chi connectivity index (χ1n) is 4.23. The van der Waals surface area contributed by atoms with Gasteiger partial charge in [-0.1, -0.05) is 6.07 Å². The van der Waals surface area contributed by atoms with Crippen molar-refractivity contribution in [3.63, 3.8) is 0 Å². The van der Waals surface area contributed by atoms with E-state index in [0.717, 1.165) is 11.5 Å². The summed E-state index contributed by atoms with van der Waals surface area (Å²) in [5.74, 6) is 2.11. The van der Waals surface area contributed by atoms with Gasteiger partial charge in [0.1, 0.15) is 11.5 Å². The molecular formula is C11H10O. The molecule has 4 rings (SSSR count). The first-order valence-corrected chi connectivity index (χ1v) is 4.23. The molecule has 0 saturated carbocycles. The summed E-state index contributed by atoms with van der Waals surface area (Å²) in [6.07, 6.45) is 0. The maximum Gasteiger partial charge on any atom is 0.134 e. The van der Waals surface area contributed by atoms with Crippen LogP contribution in [0.4, 0.5) is 0 Å². The summed E-state index contributed by atoms with van der Waals surface area (Å²) < 4.78 is 5.69. The van der Waals surface area contributed by atoms with Gasteiger partial charge in [-0.3, -0.25) is 0 Å². The molecule has 0 aromatic carbocycles. The molecule has 4 aliphatic rings. The van der Waals surface area contributed by atoms with Gasteiger partial charge in [-0.25, -0.2) is 0 Å². The summed E-state index contributed by atoms with van der Waals surface area (Å²) in [7, 11) is 0. The molecule has 0 spiro atoms. The molecule has 12 heavy (non-hydrogen) atoms. The molecule has 0 unspecified atom stereocenters. The zero-order valence-corrected chi connectivity index (χ0v) is 7.22. The van der Waals surface area contributed by atoms with Gasteiger partial charge in [-0.2, -0.15) is 0 Å². The van der Waals surface area contributed by atoms with Crippen molar-refractivity contribution in [1.29, 1.82) is 0 Å². The highest BCUT2D eigenvalue weighted by molar-refractivity contribution is 5.71. The standard InChI is InChI=1S/C11H10O/c1-11(2)8-4-5-9-7(8)3-6-10(11)12-9/h3-6H,1-2H3. The quantitative estimate of drug-likeness (QED) is 0.574. The van der Waals surface area contributed by atoms with Crippen LogP contribution in [-0.4, -0.2) is 0 Å². The van der Waals surface area contributed by atoms with Crippen molar-refractivity contribution in [1.82, 2.24) is 0 Å². The lowest BCUT2D eigenvalue weighted by molar-refractivity contribution is 0.412. The van der Waals surface area contributed by atoms with Gasteiger partial charge >= 0.3 is 0 Å². The van der Waals surface area contributed by atoms with Crippen molar-refractivity contribution in [2.45, 2.75) is 19.3 Å². The zero-order valence-electron chi connectivity index (χ0n) is 7.22. The fraction of sp³-hybridized carbons (Fsp3) is 0.273. The molecule has 0 fully saturated rings. The molecule has 2 aliphatic carbocycles. The molecule has 0 saturated heterocycles. The average Bonchev–Trinajstić information content (AvgIpc) is 2.41. The third kappa shape index (κ3) is 0.492. The Bertz CT molecular complexity index is 423. The van der Waals surface area contributed by atoms with Crippen LogP contribution in [0.1, 0.15) is 25.2 Å². The second kappa shape index (κ2) is 1.58. The summed E-state index contributed by atoms with van der Waals surface area (Å²) in [6.45, 7) is 4.40. The second-order valence-corrected chi connectivity index (χ2v) is 3.95. The van der Waals surface area contributed by atoms with E-state index in [-0.39, 0.29) is 5.41 Å². The minimum Gasteiger partial charge on any atom is -0.460 e. The van der Waals surface area contributed by atoms with E-state index in [2.05, 4.69) is 38.1 Å². The summed E-state index contributed by atoms with van der Waals surface area (Å²) in [5.41, 5.74) is 2.76. The van der Waals surface area contributed by atoms with E-state index in [1.165, 1.54) is 11.1 Å². The lowest BCUT2D eigenvalue weighted by atomic mass is 9.78. The lowest BCUT2D eigenvalue weighted by Crippen LogP contribution is -2.22. The topological polar surface area (TPSA) is 13.1 Å². The number of rotatable bonds is 0. The predicted octanol–water partition coefficient (Wildman–Crippen LogP) is 3.02. The molecule has 0 atom stereocenters. The van der Waals surface area contributed by atoms with Crippen molar-refractivity contribution in [3.05, 3.63) is 35.6 Å². The largest absolute Gasteiger partial charge is 0.460 e. The minimum atomic E-state index is 0.0839. The van der Waals surface area contributed by atoms with Crippen LogP contribution >= 0.6 is 0 Å². The monoisotopic (exact) mass is 158 g/mol. The molecule has 2 heterocycles. The predicted molar refractivity (Wildman–Crippen MR) is 47.5 cm³/mol. The van der Waals surface area contributed by atoms with Crippen molar-refractivity contribution >= 4 is 0 Å². The highest BCUT2D eigenvalue weighted by atomic mass is 16.3. The molecule has 0 aromatic rings. The molecule has 1 heteroatoms. The van der Waals surface area contributed by atoms with Crippen molar-refractivity contribution < 1.29 is 4.42 Å². The third-order valence-corrected chi connectivity index (χ3v) is 2.87. The Morgan fingerprint density at radius 3 is 2.67 bits per heavy atom. The van der Waals surface area contributed by atoms with Gasteiger partial charge in [0, 0.05) is 11.0 Å². The summed E-state index contributed by atoms with van der Waals surface area (Å²) in [4.78, 5) is 0. The van der Waals surface area contributed by atoms with E-state index in [9.17, 15) is 0 Å². The summed E-state index contributed by atoms with van der Waals surface area (Å²) >= 11 is 0. The van der Waals surface area contributed by atoms with Crippen molar-refractivity contribution in [2.75, 3.05) is 0 Å². The number of hydrogen-bond donors (Lipinski definition) is 0. The summed E-state index contributed by atoms with van der Waals surface area (Å²) in [5, 5.41) is 0. The molecule has 2 aliphatic heterocycles. The van der Waals surface area contributed by atoms with E-state index in [1.54, 1.807) is 0 Å². The highest BCUT2D eigenvalue weighted by Crippen LogP contribution is 2.46. The Labute approximate surface area is 71.4 Å². The van der Waals surface area contributed by atoms with E-state index >= 15 is 0 Å². The molecule has 1 nitrogen and oxygen atoms in total. The third-order valence-electron chi connectivity index (χ3n) is 2.87. The number of fused-ring (bicyclic) bond motifs is 1. The highest BCUT2D eigenvalue weighted by Gasteiger charge is 2.35. The van der Waals surface area contributed by atoms with E-state index in [0.29, 0.717) is 0 Å². The molecule has 4 bridgehead atoms. The van der Waals surface area contributed by atoms with Gasteiger partial charge in [-0.15, -0.1) is 0 Å². The van der Waals surface area contributed by atoms with Crippen LogP contribution in [0.5, 0.6) is 0 Å². The van der Waals surface area contributed by atoms with Crippen LogP contribution < -0.4 is 0 Å². The van der Waals surface area contributed by atoms with Crippen LogP contribution in [-0.2, 0) is 5.41 Å². The smallest absolute Gasteiger partial charge is 0.134 e. The van der Waals surface area contributed by atoms with Crippen molar-refractivity contribution in [2.24, 2.45) is 0 Å². The van der Waals surface area contributed by atoms with Crippen LogP contribution in [0, 0.1) is 0 Å². The van der Waals surface area contributed by atoms with Gasteiger partial charge in [0.2, 0.25) is 0 Å². The van der Waals surface area contributed by atoms with E-state index in [4.69, 9.17) is 4.42 Å². The second-order valence-electron chi connectivity index (χ2n) is 3.95. The van der Waals surface area contributed by atoms with Crippen LogP contribution in [0.25, 0.3) is 11.3 Å². The zero-order chi connectivity index (χ0) is 8.34. The van der Waals surface area contributed by atoms with Gasteiger partial charge in [-0.05, 0) is 37.6 Å². The lowest BCUT2D eigenvalue weighted by Gasteiger charge is -2.29. The fourth-order valence-corrected chi connectivity index (χ4v) is 2.06. The van der Waals surface area contributed by atoms with E-state index in [1.807, 2.05) is 0 Å². The normalized spacial score (nSPS) is 17.8. The molecule has 0 aromatic heterocycles. The first-order chi connectivity index (χ1) is 5.69. The van der Waals surface area contributed by atoms with Gasteiger partial charge in [0.15, 0.2) is 0 Å². The molecule has 60 valence electrons. The van der Waals surface area contributed by atoms with E-state index < -0.39 is 0 Å². The average molecular weight is 158 g/mol. The molecule has 0 radical (unpaired) electrons. The van der Waals surface area contributed by atoms with Crippen molar-refractivity contribution in [3.8, 4) is 11.3 Å². The Morgan fingerprint density at radius 1 is 1.08 bits per heavy atom. The molecule has 0 amide bonds. The van der Waals surface area contributed by atoms with Gasteiger partial charge < -0.3 is 4.42 Å². The number of hydrogen-bond acceptors (Lipinski definition) is 1. The first kappa shape index (κ1) is 6.30. The maximum atomic E-state index is 5.69. The fourth-order valence-electron chi connectivity index (χ4n) is 2.06. The summed E-state index contributed by atoms with van der Waals surface area (Å²) in [6, 6.07) is 8.45. The Balaban J connectivity index is 2.55. The Morgan fingerprint density at radius 2 is 1.92 bits per heavy atom. The molecule has 0 N–H and O–H groups in total. The van der Waals surface area contributed by atoms with Crippen LogP contribution in [0.3, 0.4) is 0 Å². The Kier molecular flexibility index (Phi) is 0.830. The van der Waals surface area contributed by atoms with Gasteiger partial charge in [0.05, 0.1) is 0 Å². The van der Waals surface area contributed by atoms with Crippen LogP contribution in [0.15, 0.2) is 28.7 Å². The Hall–Kier alpha value is -1.24. The minimum absolute atomic E-state index is 0.0839.